The quantitative estimate of drug-likeness (QED) is 0.343. The molecule has 0 amide bonds. The largest absolute Gasteiger partial charge is 0.361 e. The molecule has 0 aromatic rings. The van der Waals surface area contributed by atoms with Crippen molar-refractivity contribution in [1.82, 2.24) is 0 Å². The molecule has 0 aromatic heterocycles. The van der Waals surface area contributed by atoms with E-state index in [-0.39, 0.29) is 5.78 Å². The van der Waals surface area contributed by atoms with Crippen LogP contribution in [0.4, 0.5) is 0 Å². The van der Waals surface area contributed by atoms with Crippen LogP contribution in [0.3, 0.4) is 0 Å². The van der Waals surface area contributed by atoms with Crippen molar-refractivity contribution in [2.45, 2.75) is 32.1 Å². The first-order valence-electron chi connectivity index (χ1n) is 4.03. The Labute approximate surface area is 66.0 Å². The number of rotatable bonds is 3. The number of carbonyl (C=O) groups is 1. The summed E-state index contributed by atoms with van der Waals surface area (Å²) in [5.41, 5.74) is 8.06. The first-order valence-corrected chi connectivity index (χ1v) is 4.03. The summed E-state index contributed by atoms with van der Waals surface area (Å²) in [6.45, 7) is 0. The van der Waals surface area contributed by atoms with E-state index < -0.39 is 0 Å². The molecule has 3 nitrogen and oxygen atoms in total. The summed E-state index contributed by atoms with van der Waals surface area (Å²) in [5, 5.41) is 0. The number of hydrogen-bond acceptors (Lipinski definition) is 1. The number of Topliss-reactive ketones (excluding diaryl/α,β-unsaturated/α-hetero) is 1. The van der Waals surface area contributed by atoms with Crippen LogP contribution < -0.4 is 0 Å². The molecule has 1 rings (SSSR count). The summed E-state index contributed by atoms with van der Waals surface area (Å²) >= 11 is 0. The van der Waals surface area contributed by atoms with Gasteiger partial charge in [-0.3, -0.25) is 4.79 Å². The van der Waals surface area contributed by atoms with Crippen LogP contribution in [-0.4, -0.2) is 16.8 Å². The molecule has 3 heteroatoms. The van der Waals surface area contributed by atoms with Crippen LogP contribution in [0.25, 0.3) is 5.53 Å². The summed E-state index contributed by atoms with van der Waals surface area (Å²) in [4.78, 5) is 13.6. The third-order valence-corrected chi connectivity index (χ3v) is 2.17. The molecule has 0 atom stereocenters. The monoisotopic (exact) mass is 152 g/mol. The van der Waals surface area contributed by atoms with Gasteiger partial charge in [0.2, 0.25) is 5.78 Å². The van der Waals surface area contributed by atoms with Crippen molar-refractivity contribution in [2.75, 3.05) is 0 Å². The lowest BCUT2D eigenvalue weighted by Crippen LogP contribution is -2.06. The fourth-order valence-corrected chi connectivity index (χ4v) is 1.62. The maximum Gasteiger partial charge on any atom is 0.323 e. The van der Waals surface area contributed by atoms with Gasteiger partial charge in [0.25, 0.3) is 0 Å². The van der Waals surface area contributed by atoms with Crippen LogP contribution in [0.5, 0.6) is 0 Å². The lowest BCUT2D eigenvalue weighted by Gasteiger charge is -2.01. The normalized spacial score (nSPS) is 17.8. The van der Waals surface area contributed by atoms with E-state index in [4.69, 9.17) is 5.53 Å². The van der Waals surface area contributed by atoms with Gasteiger partial charge in [0.15, 0.2) is 0 Å². The highest BCUT2D eigenvalue weighted by Crippen LogP contribution is 2.27. The van der Waals surface area contributed by atoms with E-state index in [0.717, 1.165) is 19.1 Å². The van der Waals surface area contributed by atoms with E-state index in [1.807, 2.05) is 0 Å². The minimum Gasteiger partial charge on any atom is -0.361 e. The molecule has 0 bridgehead atoms. The first-order chi connectivity index (χ1) is 5.33. The molecule has 1 aliphatic carbocycles. The number of hydrogen-bond donors (Lipinski definition) is 0. The van der Waals surface area contributed by atoms with Crippen molar-refractivity contribution in [1.29, 1.82) is 0 Å². The Hall–Kier alpha value is -0.950. The third kappa shape index (κ3) is 2.64. The van der Waals surface area contributed by atoms with Crippen LogP contribution >= 0.6 is 0 Å². The predicted molar refractivity (Wildman–Crippen MR) is 41.3 cm³/mol. The summed E-state index contributed by atoms with van der Waals surface area (Å²) in [6, 6.07) is 0. The Morgan fingerprint density at radius 1 is 1.55 bits per heavy atom. The lowest BCUT2D eigenvalue weighted by molar-refractivity contribution is -0.116. The van der Waals surface area contributed by atoms with Crippen molar-refractivity contribution >= 4 is 12.0 Å². The fourth-order valence-electron chi connectivity index (χ4n) is 1.62. The highest BCUT2D eigenvalue weighted by molar-refractivity contribution is 6.25. The van der Waals surface area contributed by atoms with Crippen LogP contribution in [0.1, 0.15) is 32.1 Å². The summed E-state index contributed by atoms with van der Waals surface area (Å²) in [7, 11) is 0. The first kappa shape index (κ1) is 8.15. The summed E-state index contributed by atoms with van der Waals surface area (Å²) < 4.78 is 0. The van der Waals surface area contributed by atoms with Gasteiger partial charge in [-0.05, 0) is 5.92 Å². The Morgan fingerprint density at radius 2 is 2.18 bits per heavy atom. The van der Waals surface area contributed by atoms with Gasteiger partial charge in [0, 0.05) is 6.42 Å². The Bertz CT molecular complexity index is 188. The van der Waals surface area contributed by atoms with Gasteiger partial charge in [0.05, 0.1) is 0 Å². The SMILES string of the molecule is [N-]=[N+]=CC(=O)CC1CCCC1. The molecule has 0 aromatic carbocycles. The molecule has 11 heavy (non-hydrogen) atoms. The van der Waals surface area contributed by atoms with E-state index in [1.54, 1.807) is 0 Å². The van der Waals surface area contributed by atoms with Crippen LogP contribution in [-0.2, 0) is 4.79 Å². The average Bonchev–Trinajstić information content (AvgIpc) is 2.40. The summed E-state index contributed by atoms with van der Waals surface area (Å²) in [5.74, 6) is 0.486. The van der Waals surface area contributed by atoms with Crippen LogP contribution in [0.2, 0.25) is 0 Å². The predicted octanol–water partition coefficient (Wildman–Crippen LogP) is 1.44. The molecule has 1 aliphatic rings. The average molecular weight is 152 g/mol. The molecular formula is C8H12N2O. The smallest absolute Gasteiger partial charge is 0.323 e. The maximum absolute atomic E-state index is 10.9. The molecule has 0 aliphatic heterocycles. The van der Waals surface area contributed by atoms with Crippen molar-refractivity contribution in [2.24, 2.45) is 5.92 Å². The van der Waals surface area contributed by atoms with Crippen molar-refractivity contribution in [3.63, 3.8) is 0 Å². The second kappa shape index (κ2) is 4.04. The van der Waals surface area contributed by atoms with Gasteiger partial charge in [0.1, 0.15) is 0 Å². The number of carbonyl (C=O) groups excluding carboxylic acids is 1. The maximum atomic E-state index is 10.9. The lowest BCUT2D eigenvalue weighted by atomic mass is 10.0. The van der Waals surface area contributed by atoms with Gasteiger partial charge in [-0.25, -0.2) is 0 Å². The van der Waals surface area contributed by atoms with E-state index in [9.17, 15) is 4.79 Å². The fraction of sp³-hybridized carbons (Fsp3) is 0.750. The zero-order valence-electron chi connectivity index (χ0n) is 6.49. The number of ketones is 1. The van der Waals surface area contributed by atoms with Crippen molar-refractivity contribution < 1.29 is 9.58 Å². The third-order valence-electron chi connectivity index (χ3n) is 2.17. The highest BCUT2D eigenvalue weighted by atomic mass is 16.1. The summed E-state index contributed by atoms with van der Waals surface area (Å²) in [6.07, 6.45) is 6.36. The molecular weight excluding hydrogens is 140 g/mol. The van der Waals surface area contributed by atoms with Crippen molar-refractivity contribution in [3.8, 4) is 0 Å². The molecule has 0 radical (unpaired) electrons. The van der Waals surface area contributed by atoms with Crippen LogP contribution in [0.15, 0.2) is 0 Å². The highest BCUT2D eigenvalue weighted by Gasteiger charge is 2.18. The van der Waals surface area contributed by atoms with E-state index in [2.05, 4.69) is 4.79 Å². The van der Waals surface area contributed by atoms with E-state index in [0.29, 0.717) is 12.3 Å². The Balaban J connectivity index is 2.29. The van der Waals surface area contributed by atoms with Gasteiger partial charge in [-0.15, -0.1) is 0 Å². The Morgan fingerprint density at radius 3 is 2.73 bits per heavy atom. The topological polar surface area (TPSA) is 53.5 Å². The zero-order chi connectivity index (χ0) is 8.10. The van der Waals surface area contributed by atoms with Crippen molar-refractivity contribution in [3.05, 3.63) is 5.53 Å². The molecule has 1 saturated carbocycles. The molecule has 0 saturated heterocycles. The minimum absolute atomic E-state index is 0.0561. The van der Waals surface area contributed by atoms with E-state index in [1.165, 1.54) is 12.8 Å². The molecule has 0 N–H and O–H groups in total. The second-order valence-electron chi connectivity index (χ2n) is 3.07. The minimum atomic E-state index is -0.0561. The molecule has 0 heterocycles. The van der Waals surface area contributed by atoms with Gasteiger partial charge in [-0.2, -0.15) is 4.79 Å². The standard InChI is InChI=1S/C8H12N2O/c9-10-6-8(11)5-7-3-1-2-4-7/h6-7H,1-5H2. The number of nitrogens with zero attached hydrogens (tertiary/aromatic N) is 2. The van der Waals surface area contributed by atoms with E-state index >= 15 is 0 Å². The molecule has 1 fully saturated rings. The van der Waals surface area contributed by atoms with Gasteiger partial charge in [-0.1, -0.05) is 25.7 Å². The van der Waals surface area contributed by atoms with Crippen LogP contribution in [0, 0.1) is 5.92 Å². The molecule has 60 valence electrons. The Kier molecular flexibility index (Phi) is 2.99. The van der Waals surface area contributed by atoms with Gasteiger partial charge < -0.3 is 5.53 Å². The zero-order valence-corrected chi connectivity index (χ0v) is 6.49. The molecule has 0 unspecified atom stereocenters. The second-order valence-corrected chi connectivity index (χ2v) is 3.07. The van der Waals surface area contributed by atoms with Gasteiger partial charge >= 0.3 is 6.21 Å². The molecule has 0 spiro atoms.